The standard InChI is InChI=1S/C24H21ClN4O/c1-15-5-12-20(13-6-15)29-23(18-8-10-19(25)11-9-18)27-22(28-29)24(30)26-21-14-16(2)4-7-17(21)3/h4-14H,1-3H3,(H,26,30). The van der Waals surface area contributed by atoms with Crippen LogP contribution in [-0.4, -0.2) is 20.7 Å². The number of nitrogens with zero attached hydrogens (tertiary/aromatic N) is 3. The molecule has 0 aliphatic heterocycles. The van der Waals surface area contributed by atoms with Gasteiger partial charge in [-0.05, 0) is 74.4 Å². The molecule has 4 aromatic rings. The molecule has 4 rings (SSSR count). The van der Waals surface area contributed by atoms with E-state index in [1.54, 1.807) is 16.8 Å². The van der Waals surface area contributed by atoms with Gasteiger partial charge in [0.15, 0.2) is 5.82 Å². The monoisotopic (exact) mass is 416 g/mol. The van der Waals surface area contributed by atoms with Crippen LogP contribution in [-0.2, 0) is 0 Å². The molecule has 3 aromatic carbocycles. The van der Waals surface area contributed by atoms with Gasteiger partial charge in [-0.25, -0.2) is 9.67 Å². The number of nitrogens with one attached hydrogen (secondary N) is 1. The Morgan fingerprint density at radius 3 is 2.27 bits per heavy atom. The second-order valence-corrected chi connectivity index (χ2v) is 7.72. The first kappa shape index (κ1) is 19.9. The Morgan fingerprint density at radius 1 is 0.900 bits per heavy atom. The maximum absolute atomic E-state index is 12.9. The minimum absolute atomic E-state index is 0.0985. The summed E-state index contributed by atoms with van der Waals surface area (Å²) < 4.78 is 1.68. The molecule has 0 saturated heterocycles. The molecule has 0 aliphatic rings. The Morgan fingerprint density at radius 2 is 1.57 bits per heavy atom. The second kappa shape index (κ2) is 8.13. The molecule has 0 bridgehead atoms. The van der Waals surface area contributed by atoms with Gasteiger partial charge in [0.25, 0.3) is 5.91 Å². The predicted molar refractivity (Wildman–Crippen MR) is 120 cm³/mol. The third-order valence-electron chi connectivity index (χ3n) is 4.83. The van der Waals surface area contributed by atoms with E-state index in [1.807, 2.05) is 75.4 Å². The lowest BCUT2D eigenvalue weighted by atomic mass is 10.1. The molecular formula is C24H21ClN4O. The smallest absolute Gasteiger partial charge is 0.295 e. The van der Waals surface area contributed by atoms with E-state index in [1.165, 1.54) is 0 Å². The van der Waals surface area contributed by atoms with Gasteiger partial charge in [0.1, 0.15) is 0 Å². The largest absolute Gasteiger partial charge is 0.319 e. The fraction of sp³-hybridized carbons (Fsp3) is 0.125. The summed E-state index contributed by atoms with van der Waals surface area (Å²) in [5, 5.41) is 8.08. The van der Waals surface area contributed by atoms with Crippen LogP contribution in [0.3, 0.4) is 0 Å². The van der Waals surface area contributed by atoms with Gasteiger partial charge in [0.05, 0.1) is 5.69 Å². The zero-order valence-electron chi connectivity index (χ0n) is 17.0. The molecule has 5 nitrogen and oxygen atoms in total. The first-order valence-electron chi connectivity index (χ1n) is 9.59. The number of hydrogen-bond donors (Lipinski definition) is 1. The van der Waals surface area contributed by atoms with Crippen molar-refractivity contribution >= 4 is 23.2 Å². The zero-order valence-corrected chi connectivity index (χ0v) is 17.7. The van der Waals surface area contributed by atoms with E-state index in [2.05, 4.69) is 15.4 Å². The third-order valence-corrected chi connectivity index (χ3v) is 5.08. The molecule has 1 amide bonds. The molecule has 1 heterocycles. The Hall–Kier alpha value is -3.44. The summed E-state index contributed by atoms with van der Waals surface area (Å²) in [7, 11) is 0. The van der Waals surface area contributed by atoms with Crippen molar-refractivity contribution in [2.75, 3.05) is 5.32 Å². The first-order chi connectivity index (χ1) is 14.4. The highest BCUT2D eigenvalue weighted by molar-refractivity contribution is 6.30. The first-order valence-corrected chi connectivity index (χ1v) is 9.97. The highest BCUT2D eigenvalue weighted by Gasteiger charge is 2.19. The molecule has 0 spiro atoms. The van der Waals surface area contributed by atoms with Crippen LogP contribution in [0, 0.1) is 20.8 Å². The van der Waals surface area contributed by atoms with Crippen LogP contribution < -0.4 is 5.32 Å². The molecule has 0 saturated carbocycles. The van der Waals surface area contributed by atoms with Crippen molar-refractivity contribution in [1.82, 2.24) is 14.8 Å². The van der Waals surface area contributed by atoms with E-state index in [0.717, 1.165) is 33.6 Å². The van der Waals surface area contributed by atoms with E-state index < -0.39 is 0 Å². The van der Waals surface area contributed by atoms with E-state index >= 15 is 0 Å². The lowest BCUT2D eigenvalue weighted by molar-refractivity contribution is 0.101. The quantitative estimate of drug-likeness (QED) is 0.459. The number of halogens is 1. The predicted octanol–water partition coefficient (Wildman–Crippen LogP) is 5.77. The normalized spacial score (nSPS) is 10.8. The van der Waals surface area contributed by atoms with Crippen molar-refractivity contribution in [2.24, 2.45) is 0 Å². The van der Waals surface area contributed by atoms with Crippen LogP contribution in [0.15, 0.2) is 66.7 Å². The van der Waals surface area contributed by atoms with Gasteiger partial charge in [-0.3, -0.25) is 4.79 Å². The molecular weight excluding hydrogens is 396 g/mol. The summed E-state index contributed by atoms with van der Waals surface area (Å²) in [5.74, 6) is 0.313. The van der Waals surface area contributed by atoms with Gasteiger partial charge < -0.3 is 5.32 Å². The molecule has 0 atom stereocenters. The molecule has 30 heavy (non-hydrogen) atoms. The van der Waals surface area contributed by atoms with Crippen LogP contribution in [0.25, 0.3) is 17.1 Å². The van der Waals surface area contributed by atoms with E-state index in [9.17, 15) is 4.79 Å². The average Bonchev–Trinajstić information content (AvgIpc) is 3.17. The van der Waals surface area contributed by atoms with Gasteiger partial charge in [0, 0.05) is 16.3 Å². The minimum Gasteiger partial charge on any atom is -0.319 e. The summed E-state index contributed by atoms with van der Waals surface area (Å²) in [6, 6.07) is 21.1. The molecule has 1 N–H and O–H groups in total. The molecule has 0 radical (unpaired) electrons. The summed E-state index contributed by atoms with van der Waals surface area (Å²) in [6.45, 7) is 5.96. The number of carbonyl (C=O) groups excluding carboxylic acids is 1. The topological polar surface area (TPSA) is 59.8 Å². The lowest BCUT2D eigenvalue weighted by Crippen LogP contribution is -2.15. The molecule has 6 heteroatoms. The van der Waals surface area contributed by atoms with Crippen LogP contribution in [0.2, 0.25) is 5.02 Å². The Kier molecular flexibility index (Phi) is 5.38. The van der Waals surface area contributed by atoms with Gasteiger partial charge in [0.2, 0.25) is 5.82 Å². The minimum atomic E-state index is -0.357. The van der Waals surface area contributed by atoms with Crippen molar-refractivity contribution in [2.45, 2.75) is 20.8 Å². The van der Waals surface area contributed by atoms with Crippen molar-refractivity contribution < 1.29 is 4.79 Å². The fourth-order valence-electron chi connectivity index (χ4n) is 3.11. The zero-order chi connectivity index (χ0) is 21.3. The maximum atomic E-state index is 12.9. The molecule has 1 aromatic heterocycles. The van der Waals surface area contributed by atoms with Crippen LogP contribution in [0.5, 0.6) is 0 Å². The number of hydrogen-bond acceptors (Lipinski definition) is 3. The number of carbonyl (C=O) groups is 1. The van der Waals surface area contributed by atoms with Crippen molar-refractivity contribution in [3.63, 3.8) is 0 Å². The van der Waals surface area contributed by atoms with Crippen LogP contribution in [0.1, 0.15) is 27.3 Å². The number of benzene rings is 3. The lowest BCUT2D eigenvalue weighted by Gasteiger charge is -2.07. The summed E-state index contributed by atoms with van der Waals surface area (Å²) in [6.07, 6.45) is 0. The van der Waals surface area contributed by atoms with Gasteiger partial charge in [-0.1, -0.05) is 41.4 Å². The van der Waals surface area contributed by atoms with Crippen molar-refractivity contribution in [3.05, 3.63) is 94.3 Å². The summed E-state index contributed by atoms with van der Waals surface area (Å²) >= 11 is 6.04. The van der Waals surface area contributed by atoms with Gasteiger partial charge in [-0.15, -0.1) is 5.10 Å². The van der Waals surface area contributed by atoms with Gasteiger partial charge >= 0.3 is 0 Å². The van der Waals surface area contributed by atoms with Crippen LogP contribution in [0.4, 0.5) is 5.69 Å². The number of amides is 1. The van der Waals surface area contributed by atoms with E-state index in [4.69, 9.17) is 11.6 Å². The molecule has 0 unspecified atom stereocenters. The average molecular weight is 417 g/mol. The fourth-order valence-corrected chi connectivity index (χ4v) is 3.23. The third kappa shape index (κ3) is 4.11. The van der Waals surface area contributed by atoms with E-state index in [-0.39, 0.29) is 11.7 Å². The number of anilines is 1. The Balaban J connectivity index is 1.76. The number of aromatic nitrogens is 3. The van der Waals surface area contributed by atoms with Gasteiger partial charge in [-0.2, -0.15) is 0 Å². The molecule has 150 valence electrons. The van der Waals surface area contributed by atoms with E-state index in [0.29, 0.717) is 10.8 Å². The summed E-state index contributed by atoms with van der Waals surface area (Å²) in [4.78, 5) is 17.5. The highest BCUT2D eigenvalue weighted by Crippen LogP contribution is 2.24. The highest BCUT2D eigenvalue weighted by atomic mass is 35.5. The number of rotatable bonds is 4. The summed E-state index contributed by atoms with van der Waals surface area (Å²) in [5.41, 5.74) is 5.57. The van der Waals surface area contributed by atoms with Crippen molar-refractivity contribution in [1.29, 1.82) is 0 Å². The molecule has 0 fully saturated rings. The number of aryl methyl sites for hydroxylation is 3. The molecule has 0 aliphatic carbocycles. The SMILES string of the molecule is Cc1ccc(-n2nc(C(=O)Nc3cc(C)ccc3C)nc2-c2ccc(Cl)cc2)cc1. The van der Waals surface area contributed by atoms with Crippen molar-refractivity contribution in [3.8, 4) is 17.1 Å². The van der Waals surface area contributed by atoms with Crippen LogP contribution >= 0.6 is 11.6 Å². The Bertz CT molecular complexity index is 1150. The maximum Gasteiger partial charge on any atom is 0.295 e. The Labute approximate surface area is 180 Å². The second-order valence-electron chi connectivity index (χ2n) is 7.29.